The molecule has 2 rings (SSSR count). The highest BCUT2D eigenvalue weighted by atomic mass is 16.5. The number of esters is 1. The van der Waals surface area contributed by atoms with Gasteiger partial charge in [-0.05, 0) is 18.6 Å². The lowest BCUT2D eigenvalue weighted by Gasteiger charge is -2.03. The lowest BCUT2D eigenvalue weighted by atomic mass is 10.3. The minimum absolute atomic E-state index is 0.217. The second kappa shape index (κ2) is 4.70. The molecular formula is C12H12N2O2. The van der Waals surface area contributed by atoms with Gasteiger partial charge in [0.15, 0.2) is 0 Å². The zero-order valence-electron chi connectivity index (χ0n) is 9.01. The van der Waals surface area contributed by atoms with Crippen molar-refractivity contribution in [1.82, 2.24) is 9.97 Å². The lowest BCUT2D eigenvalue weighted by Crippen LogP contribution is -2.06. The Balaban J connectivity index is 2.22. The summed E-state index contributed by atoms with van der Waals surface area (Å²) in [5.74, 6) is 0.303. The van der Waals surface area contributed by atoms with E-state index in [1.807, 2.05) is 6.92 Å². The molecule has 0 spiro atoms. The van der Waals surface area contributed by atoms with Crippen LogP contribution in [0, 0.1) is 0 Å². The largest absolute Gasteiger partial charge is 0.426 e. The smallest absolute Gasteiger partial charge is 0.311 e. The van der Waals surface area contributed by atoms with Crippen molar-refractivity contribution >= 4 is 17.0 Å². The van der Waals surface area contributed by atoms with E-state index >= 15 is 0 Å². The lowest BCUT2D eigenvalue weighted by molar-refractivity contribution is -0.134. The van der Waals surface area contributed by atoms with Crippen LogP contribution in [0.4, 0.5) is 0 Å². The number of aromatic nitrogens is 2. The Morgan fingerprint density at radius 1 is 1.25 bits per heavy atom. The van der Waals surface area contributed by atoms with Crippen molar-refractivity contribution in [3.05, 3.63) is 30.6 Å². The summed E-state index contributed by atoms with van der Waals surface area (Å²) in [6.45, 7) is 1.94. The number of benzene rings is 1. The van der Waals surface area contributed by atoms with Crippen LogP contribution in [0.25, 0.3) is 11.0 Å². The minimum Gasteiger partial charge on any atom is -0.426 e. The highest BCUT2D eigenvalue weighted by Crippen LogP contribution is 2.17. The fourth-order valence-corrected chi connectivity index (χ4v) is 1.39. The van der Waals surface area contributed by atoms with Gasteiger partial charge in [0.2, 0.25) is 0 Å². The van der Waals surface area contributed by atoms with Crippen molar-refractivity contribution in [3.8, 4) is 5.75 Å². The van der Waals surface area contributed by atoms with E-state index in [-0.39, 0.29) is 5.97 Å². The molecule has 0 saturated heterocycles. The topological polar surface area (TPSA) is 52.1 Å². The van der Waals surface area contributed by atoms with E-state index < -0.39 is 0 Å². The molecule has 4 nitrogen and oxygen atoms in total. The molecule has 0 bridgehead atoms. The molecule has 4 heteroatoms. The van der Waals surface area contributed by atoms with Crippen molar-refractivity contribution in [2.45, 2.75) is 19.8 Å². The summed E-state index contributed by atoms with van der Waals surface area (Å²) >= 11 is 0. The molecule has 82 valence electrons. The van der Waals surface area contributed by atoms with Crippen LogP contribution in [0.15, 0.2) is 30.6 Å². The van der Waals surface area contributed by atoms with Gasteiger partial charge in [0.05, 0.1) is 11.0 Å². The Bertz CT molecular complexity index is 511. The first-order valence-corrected chi connectivity index (χ1v) is 5.21. The Morgan fingerprint density at radius 2 is 2.00 bits per heavy atom. The number of carbonyl (C=O) groups excluding carboxylic acids is 1. The zero-order chi connectivity index (χ0) is 11.4. The number of nitrogens with zero attached hydrogens (tertiary/aromatic N) is 2. The second-order valence-electron chi connectivity index (χ2n) is 3.43. The maximum Gasteiger partial charge on any atom is 0.311 e. The highest BCUT2D eigenvalue weighted by Gasteiger charge is 2.04. The molecule has 1 aromatic carbocycles. The average molecular weight is 216 g/mol. The summed E-state index contributed by atoms with van der Waals surface area (Å²) < 4.78 is 5.16. The number of rotatable bonds is 3. The van der Waals surface area contributed by atoms with E-state index in [1.165, 1.54) is 0 Å². The molecule has 1 heterocycles. The van der Waals surface area contributed by atoms with E-state index in [9.17, 15) is 4.79 Å². The quantitative estimate of drug-likeness (QED) is 0.583. The summed E-state index contributed by atoms with van der Waals surface area (Å²) in [5, 5.41) is 0. The molecule has 0 atom stereocenters. The molecule has 16 heavy (non-hydrogen) atoms. The molecule has 0 N–H and O–H groups in total. The predicted octanol–water partition coefficient (Wildman–Crippen LogP) is 2.34. The van der Waals surface area contributed by atoms with Crippen LogP contribution in [0.3, 0.4) is 0 Å². The van der Waals surface area contributed by atoms with Gasteiger partial charge < -0.3 is 4.74 Å². The van der Waals surface area contributed by atoms with Gasteiger partial charge in [-0.1, -0.05) is 6.92 Å². The van der Waals surface area contributed by atoms with Crippen LogP contribution in [-0.2, 0) is 4.79 Å². The Kier molecular flexibility index (Phi) is 3.10. The number of carbonyl (C=O) groups is 1. The molecule has 1 aromatic heterocycles. The Morgan fingerprint density at radius 3 is 2.75 bits per heavy atom. The summed E-state index contributed by atoms with van der Waals surface area (Å²) in [6, 6.07) is 5.23. The van der Waals surface area contributed by atoms with Crippen LogP contribution >= 0.6 is 0 Å². The molecule has 0 amide bonds. The summed E-state index contributed by atoms with van der Waals surface area (Å²) in [4.78, 5) is 19.6. The molecule has 0 fully saturated rings. The summed E-state index contributed by atoms with van der Waals surface area (Å²) in [7, 11) is 0. The third-order valence-corrected chi connectivity index (χ3v) is 2.13. The molecule has 0 radical (unpaired) electrons. The van der Waals surface area contributed by atoms with E-state index in [2.05, 4.69) is 9.97 Å². The van der Waals surface area contributed by atoms with Crippen molar-refractivity contribution in [2.24, 2.45) is 0 Å². The van der Waals surface area contributed by atoms with Gasteiger partial charge in [0, 0.05) is 24.9 Å². The third-order valence-electron chi connectivity index (χ3n) is 2.13. The number of fused-ring (bicyclic) bond motifs is 1. The predicted molar refractivity (Wildman–Crippen MR) is 60.1 cm³/mol. The normalized spacial score (nSPS) is 10.3. The van der Waals surface area contributed by atoms with Gasteiger partial charge in [-0.2, -0.15) is 0 Å². The van der Waals surface area contributed by atoms with Crippen LogP contribution < -0.4 is 4.74 Å². The molecule has 0 aliphatic carbocycles. The molecule has 2 aromatic rings. The van der Waals surface area contributed by atoms with Crippen LogP contribution in [0.5, 0.6) is 5.75 Å². The van der Waals surface area contributed by atoms with E-state index in [4.69, 9.17) is 4.74 Å². The Hall–Kier alpha value is -1.97. The number of hydrogen-bond acceptors (Lipinski definition) is 4. The van der Waals surface area contributed by atoms with Crippen molar-refractivity contribution < 1.29 is 9.53 Å². The van der Waals surface area contributed by atoms with Crippen LogP contribution in [0.1, 0.15) is 19.8 Å². The first-order valence-electron chi connectivity index (χ1n) is 5.21. The molecule has 0 aliphatic rings. The standard InChI is InChI=1S/C12H12N2O2/c1-2-3-12(15)16-9-4-5-10-11(8-9)14-7-6-13-10/h4-8H,2-3H2,1H3. The third kappa shape index (κ3) is 2.34. The first kappa shape index (κ1) is 10.5. The fraction of sp³-hybridized carbons (Fsp3) is 0.250. The zero-order valence-corrected chi connectivity index (χ0v) is 9.01. The van der Waals surface area contributed by atoms with Gasteiger partial charge in [-0.15, -0.1) is 0 Å². The van der Waals surface area contributed by atoms with Crippen molar-refractivity contribution in [2.75, 3.05) is 0 Å². The molecule has 0 unspecified atom stereocenters. The molecule has 0 saturated carbocycles. The van der Waals surface area contributed by atoms with E-state index in [0.717, 1.165) is 17.5 Å². The fourth-order valence-electron chi connectivity index (χ4n) is 1.39. The molecular weight excluding hydrogens is 204 g/mol. The maximum atomic E-state index is 11.3. The van der Waals surface area contributed by atoms with Gasteiger partial charge >= 0.3 is 5.97 Å². The summed E-state index contributed by atoms with van der Waals surface area (Å²) in [6.07, 6.45) is 4.45. The first-order chi connectivity index (χ1) is 7.79. The molecule has 0 aliphatic heterocycles. The average Bonchev–Trinajstić information content (AvgIpc) is 2.29. The SMILES string of the molecule is CCCC(=O)Oc1ccc2nccnc2c1. The maximum absolute atomic E-state index is 11.3. The monoisotopic (exact) mass is 216 g/mol. The van der Waals surface area contributed by atoms with Crippen molar-refractivity contribution in [1.29, 1.82) is 0 Å². The van der Waals surface area contributed by atoms with Crippen LogP contribution in [0.2, 0.25) is 0 Å². The van der Waals surface area contributed by atoms with Crippen molar-refractivity contribution in [3.63, 3.8) is 0 Å². The number of hydrogen-bond donors (Lipinski definition) is 0. The van der Waals surface area contributed by atoms with E-state index in [0.29, 0.717) is 12.2 Å². The van der Waals surface area contributed by atoms with Gasteiger partial charge in [-0.25, -0.2) is 0 Å². The van der Waals surface area contributed by atoms with Crippen LogP contribution in [-0.4, -0.2) is 15.9 Å². The van der Waals surface area contributed by atoms with Gasteiger partial charge in [-0.3, -0.25) is 14.8 Å². The highest BCUT2D eigenvalue weighted by molar-refractivity contribution is 5.78. The Labute approximate surface area is 93.3 Å². The minimum atomic E-state index is -0.217. The van der Waals surface area contributed by atoms with E-state index in [1.54, 1.807) is 30.6 Å². The van der Waals surface area contributed by atoms with Gasteiger partial charge in [0.25, 0.3) is 0 Å². The summed E-state index contributed by atoms with van der Waals surface area (Å²) in [5.41, 5.74) is 1.52. The second-order valence-corrected chi connectivity index (χ2v) is 3.43. The van der Waals surface area contributed by atoms with Gasteiger partial charge in [0.1, 0.15) is 5.75 Å². The number of ether oxygens (including phenoxy) is 1.